The molecule has 0 amide bonds. The SMILES string of the molecule is O=C(CCCCCCCCC(=O)OC1CCNCC1)OC1CCNCC1. The first-order valence-electron chi connectivity index (χ1n) is 10.5. The van der Waals surface area contributed by atoms with Crippen LogP contribution in [0.25, 0.3) is 0 Å². The van der Waals surface area contributed by atoms with Gasteiger partial charge < -0.3 is 20.1 Å². The van der Waals surface area contributed by atoms with Gasteiger partial charge in [0.15, 0.2) is 0 Å². The van der Waals surface area contributed by atoms with Crippen molar-refractivity contribution in [1.29, 1.82) is 0 Å². The van der Waals surface area contributed by atoms with Crippen LogP contribution in [0.4, 0.5) is 0 Å². The highest BCUT2D eigenvalue weighted by atomic mass is 16.5. The Balaban J connectivity index is 1.36. The second-order valence-electron chi connectivity index (χ2n) is 7.50. The molecule has 2 fully saturated rings. The fourth-order valence-electron chi connectivity index (χ4n) is 3.56. The van der Waals surface area contributed by atoms with Crippen molar-refractivity contribution >= 4 is 11.9 Å². The molecular formula is C20H36N2O4. The van der Waals surface area contributed by atoms with Gasteiger partial charge in [0.25, 0.3) is 0 Å². The van der Waals surface area contributed by atoms with Gasteiger partial charge in [-0.2, -0.15) is 0 Å². The molecule has 2 N–H and O–H groups in total. The third-order valence-corrected chi connectivity index (χ3v) is 5.18. The van der Waals surface area contributed by atoms with Gasteiger partial charge in [0, 0.05) is 12.8 Å². The number of ether oxygens (including phenoxy) is 2. The van der Waals surface area contributed by atoms with Crippen molar-refractivity contribution in [3.8, 4) is 0 Å². The summed E-state index contributed by atoms with van der Waals surface area (Å²) in [5, 5.41) is 6.54. The molecule has 2 aliphatic heterocycles. The number of carbonyl (C=O) groups is 2. The van der Waals surface area contributed by atoms with Crippen LogP contribution in [0.2, 0.25) is 0 Å². The van der Waals surface area contributed by atoms with Crippen LogP contribution in [0.3, 0.4) is 0 Å². The monoisotopic (exact) mass is 368 g/mol. The van der Waals surface area contributed by atoms with Crippen LogP contribution in [-0.4, -0.2) is 50.3 Å². The van der Waals surface area contributed by atoms with E-state index in [0.717, 1.165) is 90.4 Å². The van der Waals surface area contributed by atoms with E-state index in [0.29, 0.717) is 12.8 Å². The summed E-state index contributed by atoms with van der Waals surface area (Å²) in [6, 6.07) is 0. The minimum Gasteiger partial charge on any atom is -0.462 e. The van der Waals surface area contributed by atoms with Crippen LogP contribution in [0.1, 0.15) is 77.0 Å². The minimum atomic E-state index is -0.0439. The fraction of sp³-hybridized carbons (Fsp3) is 0.900. The zero-order chi connectivity index (χ0) is 18.5. The van der Waals surface area contributed by atoms with Gasteiger partial charge in [-0.25, -0.2) is 0 Å². The number of nitrogens with one attached hydrogen (secondary N) is 2. The number of unbranched alkanes of at least 4 members (excludes halogenated alkanes) is 5. The number of esters is 2. The number of hydrogen-bond donors (Lipinski definition) is 2. The molecule has 6 nitrogen and oxygen atoms in total. The van der Waals surface area contributed by atoms with E-state index in [-0.39, 0.29) is 24.1 Å². The standard InChI is InChI=1S/C20H36N2O4/c23-19(25-17-9-13-21-14-10-17)7-5-3-1-2-4-6-8-20(24)26-18-11-15-22-16-12-18/h17-18,21-22H,1-16H2. The Bertz CT molecular complexity index is 367. The highest BCUT2D eigenvalue weighted by Crippen LogP contribution is 2.13. The first-order chi connectivity index (χ1) is 12.7. The van der Waals surface area contributed by atoms with Gasteiger partial charge >= 0.3 is 11.9 Å². The summed E-state index contributed by atoms with van der Waals surface area (Å²) < 4.78 is 11.0. The molecule has 2 saturated heterocycles. The maximum Gasteiger partial charge on any atom is 0.306 e. The van der Waals surface area contributed by atoms with Crippen molar-refractivity contribution in [3.63, 3.8) is 0 Å². The Morgan fingerprint density at radius 3 is 1.35 bits per heavy atom. The Hall–Kier alpha value is -1.14. The van der Waals surface area contributed by atoms with Crippen LogP contribution < -0.4 is 10.6 Å². The maximum absolute atomic E-state index is 11.8. The van der Waals surface area contributed by atoms with E-state index < -0.39 is 0 Å². The molecule has 150 valence electrons. The maximum atomic E-state index is 11.8. The first-order valence-corrected chi connectivity index (χ1v) is 10.5. The number of piperidine rings is 2. The topological polar surface area (TPSA) is 76.7 Å². The molecule has 0 aromatic rings. The largest absolute Gasteiger partial charge is 0.462 e. The number of carbonyl (C=O) groups excluding carboxylic acids is 2. The predicted molar refractivity (Wildman–Crippen MR) is 101 cm³/mol. The first kappa shape index (κ1) is 21.2. The zero-order valence-corrected chi connectivity index (χ0v) is 16.1. The van der Waals surface area contributed by atoms with Crippen LogP contribution >= 0.6 is 0 Å². The molecule has 0 unspecified atom stereocenters. The lowest BCUT2D eigenvalue weighted by Crippen LogP contribution is -2.33. The highest BCUT2D eigenvalue weighted by molar-refractivity contribution is 5.69. The summed E-state index contributed by atoms with van der Waals surface area (Å²) in [6.45, 7) is 3.79. The summed E-state index contributed by atoms with van der Waals surface area (Å²) in [6.07, 6.45) is 11.2. The highest BCUT2D eigenvalue weighted by Gasteiger charge is 2.17. The van der Waals surface area contributed by atoms with Gasteiger partial charge in [0.05, 0.1) is 0 Å². The molecule has 2 heterocycles. The lowest BCUT2D eigenvalue weighted by Gasteiger charge is -2.22. The van der Waals surface area contributed by atoms with Crippen molar-refractivity contribution in [2.75, 3.05) is 26.2 Å². The van der Waals surface area contributed by atoms with Crippen LogP contribution in [0.5, 0.6) is 0 Å². The molecule has 0 spiro atoms. The molecule has 0 bridgehead atoms. The van der Waals surface area contributed by atoms with Crippen LogP contribution in [0, 0.1) is 0 Å². The number of rotatable bonds is 11. The quantitative estimate of drug-likeness (QED) is 0.431. The average Bonchev–Trinajstić information content (AvgIpc) is 2.65. The summed E-state index contributed by atoms with van der Waals surface area (Å²) in [4.78, 5) is 23.6. The lowest BCUT2D eigenvalue weighted by atomic mass is 10.1. The van der Waals surface area contributed by atoms with E-state index in [1.807, 2.05) is 0 Å². The molecule has 0 radical (unpaired) electrons. The molecular weight excluding hydrogens is 332 g/mol. The van der Waals surface area contributed by atoms with Gasteiger partial charge in [0.1, 0.15) is 12.2 Å². The third kappa shape index (κ3) is 9.53. The number of hydrogen-bond acceptors (Lipinski definition) is 6. The molecule has 0 aliphatic carbocycles. The lowest BCUT2D eigenvalue weighted by molar-refractivity contribution is -0.151. The van der Waals surface area contributed by atoms with Crippen molar-refractivity contribution in [2.24, 2.45) is 0 Å². The van der Waals surface area contributed by atoms with Crippen molar-refractivity contribution < 1.29 is 19.1 Å². The fourth-order valence-corrected chi connectivity index (χ4v) is 3.56. The van der Waals surface area contributed by atoms with Gasteiger partial charge in [-0.3, -0.25) is 9.59 Å². The Morgan fingerprint density at radius 1 is 0.615 bits per heavy atom. The second kappa shape index (κ2) is 13.1. The van der Waals surface area contributed by atoms with Crippen molar-refractivity contribution in [1.82, 2.24) is 10.6 Å². The molecule has 26 heavy (non-hydrogen) atoms. The Kier molecular flexibility index (Phi) is 10.7. The second-order valence-corrected chi connectivity index (χ2v) is 7.50. The molecule has 0 aromatic heterocycles. The predicted octanol–water partition coefficient (Wildman–Crippen LogP) is 2.70. The summed E-state index contributed by atoms with van der Waals surface area (Å²) >= 11 is 0. The summed E-state index contributed by atoms with van der Waals surface area (Å²) in [5.41, 5.74) is 0. The van der Waals surface area contributed by atoms with Crippen molar-refractivity contribution in [2.45, 2.75) is 89.3 Å². The van der Waals surface area contributed by atoms with Crippen LogP contribution in [0.15, 0.2) is 0 Å². The summed E-state index contributed by atoms with van der Waals surface area (Å²) in [7, 11) is 0. The van der Waals surface area contributed by atoms with E-state index in [2.05, 4.69) is 10.6 Å². The Morgan fingerprint density at radius 2 is 0.962 bits per heavy atom. The average molecular weight is 369 g/mol. The molecule has 6 heteroatoms. The molecule has 0 aromatic carbocycles. The van der Waals surface area contributed by atoms with E-state index in [1.165, 1.54) is 0 Å². The Labute approximate surface area is 157 Å². The van der Waals surface area contributed by atoms with Gasteiger partial charge in [-0.05, 0) is 64.7 Å². The minimum absolute atomic E-state index is 0.0439. The van der Waals surface area contributed by atoms with Crippen LogP contribution in [-0.2, 0) is 19.1 Å². The van der Waals surface area contributed by atoms with Gasteiger partial charge in [0.2, 0.25) is 0 Å². The zero-order valence-electron chi connectivity index (χ0n) is 16.1. The smallest absolute Gasteiger partial charge is 0.306 e. The van der Waals surface area contributed by atoms with E-state index in [4.69, 9.17) is 9.47 Å². The molecule has 0 atom stereocenters. The van der Waals surface area contributed by atoms with Gasteiger partial charge in [-0.1, -0.05) is 25.7 Å². The van der Waals surface area contributed by atoms with E-state index >= 15 is 0 Å². The summed E-state index contributed by atoms with van der Waals surface area (Å²) in [5.74, 6) is -0.0879. The van der Waals surface area contributed by atoms with E-state index in [9.17, 15) is 9.59 Å². The van der Waals surface area contributed by atoms with E-state index in [1.54, 1.807) is 0 Å². The normalized spacial score (nSPS) is 19.2. The van der Waals surface area contributed by atoms with Gasteiger partial charge in [-0.15, -0.1) is 0 Å². The van der Waals surface area contributed by atoms with Crippen molar-refractivity contribution in [3.05, 3.63) is 0 Å². The third-order valence-electron chi connectivity index (χ3n) is 5.18. The molecule has 2 aliphatic rings. The molecule has 2 rings (SSSR count). The molecule has 0 saturated carbocycles.